The minimum Gasteiger partial charge on any atom is -0.380 e. The first-order chi connectivity index (χ1) is 7.38. The van der Waals surface area contributed by atoms with E-state index in [1.165, 1.54) is 23.4 Å². The molecule has 1 aromatic rings. The van der Waals surface area contributed by atoms with Crippen molar-refractivity contribution >= 4 is 17.4 Å². The number of hydrogen-bond donors (Lipinski definition) is 1. The van der Waals surface area contributed by atoms with E-state index in [0.29, 0.717) is 6.04 Å². The Bertz CT molecular complexity index is 293. The third-order valence-electron chi connectivity index (χ3n) is 2.62. The van der Waals surface area contributed by atoms with Crippen molar-refractivity contribution in [1.82, 2.24) is 0 Å². The van der Waals surface area contributed by atoms with E-state index in [2.05, 4.69) is 35.8 Å². The predicted molar refractivity (Wildman–Crippen MR) is 65.7 cm³/mol. The minimum absolute atomic E-state index is 0.485. The van der Waals surface area contributed by atoms with E-state index in [0.717, 1.165) is 13.2 Å². The summed E-state index contributed by atoms with van der Waals surface area (Å²) in [4.78, 5) is 1.31. The molecular formula is C12H17NOS. The Labute approximate surface area is 95.4 Å². The Balaban J connectivity index is 1.91. The van der Waals surface area contributed by atoms with E-state index >= 15 is 0 Å². The highest BCUT2D eigenvalue weighted by Crippen LogP contribution is 2.19. The normalized spacial score (nSPS) is 21.3. The van der Waals surface area contributed by atoms with Gasteiger partial charge in [0.05, 0.1) is 6.61 Å². The molecule has 3 heteroatoms. The summed E-state index contributed by atoms with van der Waals surface area (Å²) in [6.45, 7) is 1.76. The Morgan fingerprint density at radius 1 is 1.33 bits per heavy atom. The third kappa shape index (κ3) is 3.14. The van der Waals surface area contributed by atoms with Gasteiger partial charge in [-0.15, -0.1) is 11.8 Å². The zero-order valence-corrected chi connectivity index (χ0v) is 9.85. The highest BCUT2D eigenvalue weighted by Gasteiger charge is 2.12. The average molecular weight is 223 g/mol. The molecule has 1 aliphatic rings. The smallest absolute Gasteiger partial charge is 0.0667 e. The second kappa shape index (κ2) is 5.42. The average Bonchev–Trinajstić information content (AvgIpc) is 2.31. The quantitative estimate of drug-likeness (QED) is 0.796. The van der Waals surface area contributed by atoms with Gasteiger partial charge in [0.1, 0.15) is 0 Å². The maximum Gasteiger partial charge on any atom is 0.0667 e. The zero-order valence-electron chi connectivity index (χ0n) is 9.03. The Morgan fingerprint density at radius 2 is 2.13 bits per heavy atom. The Morgan fingerprint density at radius 3 is 2.73 bits per heavy atom. The molecule has 0 saturated carbocycles. The van der Waals surface area contributed by atoms with E-state index in [1.54, 1.807) is 11.8 Å². The molecule has 1 atom stereocenters. The van der Waals surface area contributed by atoms with E-state index in [4.69, 9.17) is 4.74 Å². The molecule has 2 nitrogen and oxygen atoms in total. The van der Waals surface area contributed by atoms with E-state index in [9.17, 15) is 0 Å². The summed E-state index contributed by atoms with van der Waals surface area (Å²) in [7, 11) is 0. The molecule has 0 amide bonds. The SMILES string of the molecule is CSc1ccc(NC2CCCOC2)cc1. The Kier molecular flexibility index (Phi) is 3.92. The van der Waals surface area contributed by atoms with Crippen LogP contribution >= 0.6 is 11.8 Å². The molecule has 0 bridgehead atoms. The molecule has 0 aliphatic carbocycles. The number of benzene rings is 1. The maximum atomic E-state index is 5.43. The van der Waals surface area contributed by atoms with Crippen LogP contribution in [0.3, 0.4) is 0 Å². The summed E-state index contributed by atoms with van der Waals surface area (Å²) in [5.41, 5.74) is 1.20. The van der Waals surface area contributed by atoms with Gasteiger partial charge in [-0.05, 0) is 43.4 Å². The second-order valence-electron chi connectivity index (χ2n) is 3.79. The fraction of sp³-hybridized carbons (Fsp3) is 0.500. The van der Waals surface area contributed by atoms with Crippen LogP contribution in [0.15, 0.2) is 29.2 Å². The largest absolute Gasteiger partial charge is 0.380 e. The van der Waals surface area contributed by atoms with Crippen LogP contribution in [0.2, 0.25) is 0 Å². The van der Waals surface area contributed by atoms with Gasteiger partial charge in [0.25, 0.3) is 0 Å². The number of rotatable bonds is 3. The van der Waals surface area contributed by atoms with Gasteiger partial charge >= 0.3 is 0 Å². The van der Waals surface area contributed by atoms with Crippen LogP contribution in [0.4, 0.5) is 5.69 Å². The first-order valence-corrected chi connectivity index (χ1v) is 6.59. The molecule has 1 N–H and O–H groups in total. The molecule has 1 fully saturated rings. The van der Waals surface area contributed by atoms with E-state index < -0.39 is 0 Å². The minimum atomic E-state index is 0.485. The summed E-state index contributed by atoms with van der Waals surface area (Å²) >= 11 is 1.77. The number of anilines is 1. The van der Waals surface area contributed by atoms with Crippen molar-refractivity contribution in [2.75, 3.05) is 24.8 Å². The molecule has 1 heterocycles. The van der Waals surface area contributed by atoms with Gasteiger partial charge in [-0.2, -0.15) is 0 Å². The lowest BCUT2D eigenvalue weighted by molar-refractivity contribution is 0.0876. The lowest BCUT2D eigenvalue weighted by Crippen LogP contribution is -2.29. The highest BCUT2D eigenvalue weighted by atomic mass is 32.2. The van der Waals surface area contributed by atoms with Gasteiger partial charge in [-0.3, -0.25) is 0 Å². The number of thioether (sulfide) groups is 1. The second-order valence-corrected chi connectivity index (χ2v) is 4.67. The molecule has 2 rings (SSSR count). The maximum absolute atomic E-state index is 5.43. The molecule has 1 saturated heterocycles. The summed E-state index contributed by atoms with van der Waals surface area (Å²) < 4.78 is 5.43. The first-order valence-electron chi connectivity index (χ1n) is 5.37. The molecule has 0 spiro atoms. The summed E-state index contributed by atoms with van der Waals surface area (Å²) in [6, 6.07) is 9.06. The number of hydrogen-bond acceptors (Lipinski definition) is 3. The lowest BCUT2D eigenvalue weighted by atomic mass is 10.1. The molecular weight excluding hydrogens is 206 g/mol. The lowest BCUT2D eigenvalue weighted by Gasteiger charge is -2.24. The van der Waals surface area contributed by atoms with Crippen LogP contribution in [0.1, 0.15) is 12.8 Å². The van der Waals surface area contributed by atoms with Crippen molar-refractivity contribution in [3.05, 3.63) is 24.3 Å². The van der Waals surface area contributed by atoms with Crippen LogP contribution in [-0.4, -0.2) is 25.5 Å². The van der Waals surface area contributed by atoms with Crippen LogP contribution in [0.25, 0.3) is 0 Å². The fourth-order valence-electron chi connectivity index (χ4n) is 1.78. The summed E-state index contributed by atoms with van der Waals surface area (Å²) in [5, 5.41) is 3.50. The molecule has 1 aromatic carbocycles. The van der Waals surface area contributed by atoms with Gasteiger partial charge in [0.2, 0.25) is 0 Å². The first kappa shape index (κ1) is 10.8. The molecule has 1 aliphatic heterocycles. The summed E-state index contributed by atoms with van der Waals surface area (Å²) in [5.74, 6) is 0. The molecule has 0 aromatic heterocycles. The van der Waals surface area contributed by atoms with Gasteiger partial charge in [-0.25, -0.2) is 0 Å². The summed E-state index contributed by atoms with van der Waals surface area (Å²) in [6.07, 6.45) is 4.47. The number of ether oxygens (including phenoxy) is 1. The molecule has 15 heavy (non-hydrogen) atoms. The van der Waals surface area contributed by atoms with Crippen molar-refractivity contribution < 1.29 is 4.74 Å². The van der Waals surface area contributed by atoms with Crippen LogP contribution < -0.4 is 5.32 Å². The van der Waals surface area contributed by atoms with Crippen molar-refractivity contribution in [3.63, 3.8) is 0 Å². The third-order valence-corrected chi connectivity index (χ3v) is 3.36. The van der Waals surface area contributed by atoms with E-state index in [1.807, 2.05) is 0 Å². The van der Waals surface area contributed by atoms with Crippen LogP contribution in [0.5, 0.6) is 0 Å². The molecule has 1 unspecified atom stereocenters. The Hall–Kier alpha value is -0.670. The van der Waals surface area contributed by atoms with Crippen molar-refractivity contribution in [2.45, 2.75) is 23.8 Å². The van der Waals surface area contributed by atoms with Crippen LogP contribution in [0, 0.1) is 0 Å². The monoisotopic (exact) mass is 223 g/mol. The highest BCUT2D eigenvalue weighted by molar-refractivity contribution is 7.98. The van der Waals surface area contributed by atoms with Gasteiger partial charge in [-0.1, -0.05) is 0 Å². The van der Waals surface area contributed by atoms with Crippen molar-refractivity contribution in [1.29, 1.82) is 0 Å². The van der Waals surface area contributed by atoms with Crippen molar-refractivity contribution in [2.24, 2.45) is 0 Å². The molecule has 82 valence electrons. The van der Waals surface area contributed by atoms with Gasteiger partial charge in [0.15, 0.2) is 0 Å². The standard InChI is InChI=1S/C12H17NOS/c1-15-12-6-4-10(5-7-12)13-11-3-2-8-14-9-11/h4-7,11,13H,2-3,8-9H2,1H3. The predicted octanol–water partition coefficient (Wildman–Crippen LogP) is 3.00. The van der Waals surface area contributed by atoms with Gasteiger partial charge in [0, 0.05) is 23.2 Å². The van der Waals surface area contributed by atoms with Crippen molar-refractivity contribution in [3.8, 4) is 0 Å². The fourth-order valence-corrected chi connectivity index (χ4v) is 2.19. The number of nitrogens with one attached hydrogen (secondary N) is 1. The van der Waals surface area contributed by atoms with E-state index in [-0.39, 0.29) is 0 Å². The zero-order chi connectivity index (χ0) is 10.5. The van der Waals surface area contributed by atoms with Crippen LogP contribution in [-0.2, 0) is 4.74 Å². The molecule has 0 radical (unpaired) electrons. The van der Waals surface area contributed by atoms with Gasteiger partial charge < -0.3 is 10.1 Å². The topological polar surface area (TPSA) is 21.3 Å².